The van der Waals surface area contributed by atoms with Crippen molar-refractivity contribution in [1.29, 1.82) is 0 Å². The Morgan fingerprint density at radius 3 is 1.88 bits per heavy atom. The molecule has 0 saturated carbocycles. The predicted molar refractivity (Wildman–Crippen MR) is 130 cm³/mol. The van der Waals surface area contributed by atoms with Crippen molar-refractivity contribution in [2.24, 2.45) is 5.92 Å². The van der Waals surface area contributed by atoms with Crippen LogP contribution in [0.15, 0.2) is 48.5 Å². The van der Waals surface area contributed by atoms with Crippen LogP contribution in [0.3, 0.4) is 0 Å². The van der Waals surface area contributed by atoms with Gasteiger partial charge in [-0.3, -0.25) is 0 Å². The van der Waals surface area contributed by atoms with Crippen molar-refractivity contribution in [3.8, 4) is 11.5 Å². The molecule has 1 aliphatic rings. The van der Waals surface area contributed by atoms with E-state index in [9.17, 15) is 43.9 Å². The standard InChI is InChI=1S/C29H22F10O3/c1-2-40-14-15-3-5-16(6-4-15)17-9-22(31)26(23(32)10-17)29(38,39)41-18-7-8-20(21(30)11-18)28(36,37)42-19-12-24(33)27(35)25(34)13-19/h5,7-13,15H,2-4,6,14H2,1H3. The van der Waals surface area contributed by atoms with Gasteiger partial charge in [-0.15, -0.1) is 0 Å². The van der Waals surface area contributed by atoms with Crippen molar-refractivity contribution in [1.82, 2.24) is 0 Å². The summed E-state index contributed by atoms with van der Waals surface area (Å²) < 4.78 is 156. The van der Waals surface area contributed by atoms with Gasteiger partial charge in [-0.05, 0) is 67.5 Å². The van der Waals surface area contributed by atoms with E-state index >= 15 is 0 Å². The van der Waals surface area contributed by atoms with Gasteiger partial charge in [0.15, 0.2) is 17.5 Å². The van der Waals surface area contributed by atoms with Crippen molar-refractivity contribution in [3.63, 3.8) is 0 Å². The highest BCUT2D eigenvalue weighted by Gasteiger charge is 2.43. The van der Waals surface area contributed by atoms with E-state index in [4.69, 9.17) is 4.74 Å². The molecule has 0 saturated heterocycles. The first-order valence-corrected chi connectivity index (χ1v) is 12.6. The Balaban J connectivity index is 1.52. The third-order valence-corrected chi connectivity index (χ3v) is 6.48. The lowest BCUT2D eigenvalue weighted by Gasteiger charge is -2.23. The summed E-state index contributed by atoms with van der Waals surface area (Å²) in [5.41, 5.74) is -2.74. The van der Waals surface area contributed by atoms with E-state index in [2.05, 4.69) is 9.47 Å². The van der Waals surface area contributed by atoms with Crippen LogP contribution >= 0.6 is 0 Å². The van der Waals surface area contributed by atoms with E-state index in [0.717, 1.165) is 0 Å². The topological polar surface area (TPSA) is 27.7 Å². The SMILES string of the molecule is CCOCC1CC=C(c2cc(F)c(C(F)(F)Oc3ccc(C(F)(F)Oc4cc(F)c(F)c(F)c4)c(F)c3)c(F)c2)CC1. The number of ether oxygens (including phenoxy) is 3. The molecule has 226 valence electrons. The Hall–Kier alpha value is -3.74. The molecule has 0 aliphatic heterocycles. The third kappa shape index (κ3) is 6.83. The number of rotatable bonds is 10. The third-order valence-electron chi connectivity index (χ3n) is 6.48. The van der Waals surface area contributed by atoms with Gasteiger partial charge in [0, 0.05) is 31.4 Å². The Labute approximate surface area is 233 Å². The van der Waals surface area contributed by atoms with Gasteiger partial charge in [0.25, 0.3) is 0 Å². The number of benzene rings is 3. The van der Waals surface area contributed by atoms with Gasteiger partial charge in [0.05, 0.1) is 0 Å². The molecule has 0 spiro atoms. The normalized spacial score (nSPS) is 15.9. The maximum absolute atomic E-state index is 14.8. The number of alkyl halides is 4. The Morgan fingerprint density at radius 1 is 0.738 bits per heavy atom. The Kier molecular flexibility index (Phi) is 9.09. The molecule has 0 heterocycles. The number of allylic oxidation sites excluding steroid dienone is 2. The highest BCUT2D eigenvalue weighted by molar-refractivity contribution is 5.67. The molecular weight excluding hydrogens is 586 g/mol. The summed E-state index contributed by atoms with van der Waals surface area (Å²) in [5.74, 6) is -12.9. The second-order valence-corrected chi connectivity index (χ2v) is 9.42. The average molecular weight is 608 g/mol. The van der Waals surface area contributed by atoms with Crippen LogP contribution in [-0.2, 0) is 17.0 Å². The van der Waals surface area contributed by atoms with Crippen LogP contribution in [-0.4, -0.2) is 13.2 Å². The summed E-state index contributed by atoms with van der Waals surface area (Å²) in [6, 6.07) is 2.36. The van der Waals surface area contributed by atoms with Gasteiger partial charge in [0.2, 0.25) is 0 Å². The lowest BCUT2D eigenvalue weighted by atomic mass is 9.86. The summed E-state index contributed by atoms with van der Waals surface area (Å²) in [6.45, 7) is 2.91. The monoisotopic (exact) mass is 608 g/mol. The molecule has 4 rings (SSSR count). The molecule has 3 aromatic carbocycles. The minimum atomic E-state index is -4.70. The van der Waals surface area contributed by atoms with Crippen LogP contribution in [0, 0.1) is 40.8 Å². The van der Waals surface area contributed by atoms with E-state index in [1.54, 1.807) is 6.08 Å². The van der Waals surface area contributed by atoms with Gasteiger partial charge >= 0.3 is 12.2 Å². The molecule has 13 heteroatoms. The molecule has 3 nitrogen and oxygen atoms in total. The average Bonchev–Trinajstić information content (AvgIpc) is 2.89. The molecule has 1 unspecified atom stereocenters. The molecule has 0 N–H and O–H groups in total. The van der Waals surface area contributed by atoms with Crippen molar-refractivity contribution in [2.45, 2.75) is 38.4 Å². The zero-order valence-corrected chi connectivity index (χ0v) is 21.7. The van der Waals surface area contributed by atoms with Crippen LogP contribution in [0.2, 0.25) is 0 Å². The van der Waals surface area contributed by atoms with Crippen molar-refractivity contribution >= 4 is 5.57 Å². The maximum Gasteiger partial charge on any atom is 0.432 e. The van der Waals surface area contributed by atoms with Crippen molar-refractivity contribution in [3.05, 3.63) is 100 Å². The summed E-state index contributed by atoms with van der Waals surface area (Å²) in [7, 11) is 0. The largest absolute Gasteiger partial charge is 0.432 e. The second-order valence-electron chi connectivity index (χ2n) is 9.42. The van der Waals surface area contributed by atoms with Gasteiger partial charge in [0.1, 0.15) is 40.1 Å². The van der Waals surface area contributed by atoms with E-state index in [0.29, 0.717) is 56.2 Å². The molecule has 1 atom stereocenters. The zero-order valence-electron chi connectivity index (χ0n) is 21.7. The molecule has 0 fully saturated rings. The molecule has 0 radical (unpaired) electrons. The number of halogens is 10. The molecule has 3 aromatic rings. The quantitative estimate of drug-likeness (QED) is 0.170. The summed E-state index contributed by atoms with van der Waals surface area (Å²) in [4.78, 5) is 0. The number of hydrogen-bond acceptors (Lipinski definition) is 3. The van der Waals surface area contributed by atoms with Crippen molar-refractivity contribution in [2.75, 3.05) is 13.2 Å². The summed E-state index contributed by atoms with van der Waals surface area (Å²) in [6.07, 6.45) is -5.89. The van der Waals surface area contributed by atoms with E-state index < -0.39 is 69.7 Å². The Morgan fingerprint density at radius 2 is 1.33 bits per heavy atom. The zero-order chi connectivity index (χ0) is 30.8. The molecule has 1 aliphatic carbocycles. The highest BCUT2D eigenvalue weighted by Crippen LogP contribution is 2.40. The van der Waals surface area contributed by atoms with Gasteiger partial charge in [-0.25, -0.2) is 26.3 Å². The van der Waals surface area contributed by atoms with Crippen molar-refractivity contribution < 1.29 is 58.1 Å². The van der Waals surface area contributed by atoms with Gasteiger partial charge in [-0.2, -0.15) is 17.6 Å². The lowest BCUT2D eigenvalue weighted by molar-refractivity contribution is -0.190. The molecular formula is C29H22F10O3. The fraction of sp³-hybridized carbons (Fsp3) is 0.310. The molecule has 42 heavy (non-hydrogen) atoms. The van der Waals surface area contributed by atoms with E-state index in [1.165, 1.54) is 0 Å². The van der Waals surface area contributed by atoms with E-state index in [-0.39, 0.29) is 35.7 Å². The summed E-state index contributed by atoms with van der Waals surface area (Å²) >= 11 is 0. The van der Waals surface area contributed by atoms with Crippen LogP contribution in [0.4, 0.5) is 43.9 Å². The summed E-state index contributed by atoms with van der Waals surface area (Å²) in [5, 5.41) is 0. The second kappa shape index (κ2) is 12.2. The fourth-order valence-corrected chi connectivity index (χ4v) is 4.41. The molecule has 0 amide bonds. The van der Waals surface area contributed by atoms with Crippen LogP contribution in [0.5, 0.6) is 11.5 Å². The Bertz CT molecular complexity index is 1440. The first kappa shape index (κ1) is 31.2. The van der Waals surface area contributed by atoms with Crippen LogP contribution in [0.1, 0.15) is 42.9 Å². The highest BCUT2D eigenvalue weighted by atomic mass is 19.3. The first-order chi connectivity index (χ1) is 19.7. The maximum atomic E-state index is 14.8. The lowest BCUT2D eigenvalue weighted by Crippen LogP contribution is -2.26. The van der Waals surface area contributed by atoms with Crippen LogP contribution < -0.4 is 9.47 Å². The molecule has 0 bridgehead atoms. The first-order valence-electron chi connectivity index (χ1n) is 12.6. The van der Waals surface area contributed by atoms with Gasteiger partial charge in [-0.1, -0.05) is 6.08 Å². The molecule has 0 aromatic heterocycles. The minimum Gasteiger partial charge on any atom is -0.429 e. The van der Waals surface area contributed by atoms with Crippen LogP contribution in [0.25, 0.3) is 5.57 Å². The smallest absolute Gasteiger partial charge is 0.429 e. The van der Waals surface area contributed by atoms with Gasteiger partial charge < -0.3 is 14.2 Å². The van der Waals surface area contributed by atoms with E-state index in [1.807, 2.05) is 6.92 Å². The predicted octanol–water partition coefficient (Wildman–Crippen LogP) is 9.00. The fourth-order valence-electron chi connectivity index (χ4n) is 4.41. The minimum absolute atomic E-state index is 0.0537. The number of hydrogen-bond donors (Lipinski definition) is 0.